The summed E-state index contributed by atoms with van der Waals surface area (Å²) in [6, 6.07) is 1.80. The van der Waals surface area contributed by atoms with Gasteiger partial charge in [-0.15, -0.1) is 0 Å². The van der Waals surface area contributed by atoms with Gasteiger partial charge in [0, 0.05) is 19.7 Å². The summed E-state index contributed by atoms with van der Waals surface area (Å²) >= 11 is 0. The van der Waals surface area contributed by atoms with Gasteiger partial charge in [0.25, 0.3) is 0 Å². The lowest BCUT2D eigenvalue weighted by atomic mass is 10.5. The standard InChI is InChI=1S/C10H19N5O/c1-7(2)16-5-4-13-9-6-8(12-3)14-10(11)15-9/h6-7H,4-5H2,1-3H3,(H4,11,12,13,14,15). The van der Waals surface area contributed by atoms with E-state index in [1.807, 2.05) is 13.8 Å². The largest absolute Gasteiger partial charge is 0.377 e. The number of hydrogen-bond donors (Lipinski definition) is 3. The van der Waals surface area contributed by atoms with Gasteiger partial charge >= 0.3 is 0 Å². The maximum absolute atomic E-state index is 5.55. The van der Waals surface area contributed by atoms with E-state index < -0.39 is 0 Å². The Morgan fingerprint density at radius 3 is 2.69 bits per heavy atom. The first-order valence-corrected chi connectivity index (χ1v) is 5.29. The molecule has 4 N–H and O–H groups in total. The molecular weight excluding hydrogens is 206 g/mol. The predicted molar refractivity (Wildman–Crippen MR) is 65.6 cm³/mol. The van der Waals surface area contributed by atoms with Crippen LogP contribution < -0.4 is 16.4 Å². The van der Waals surface area contributed by atoms with Crippen molar-refractivity contribution in [2.75, 3.05) is 36.6 Å². The lowest BCUT2D eigenvalue weighted by molar-refractivity contribution is 0.0870. The van der Waals surface area contributed by atoms with Crippen molar-refractivity contribution in [1.29, 1.82) is 0 Å². The number of ether oxygens (including phenoxy) is 1. The summed E-state index contributed by atoms with van der Waals surface area (Å²) in [7, 11) is 1.79. The van der Waals surface area contributed by atoms with Crippen LogP contribution in [0.4, 0.5) is 17.6 Å². The van der Waals surface area contributed by atoms with Gasteiger partial charge in [0.05, 0.1) is 12.7 Å². The Bertz CT molecular complexity index is 329. The number of hydrogen-bond acceptors (Lipinski definition) is 6. The Hall–Kier alpha value is -1.56. The van der Waals surface area contributed by atoms with E-state index in [1.54, 1.807) is 13.1 Å². The molecule has 1 rings (SSSR count). The highest BCUT2D eigenvalue weighted by Crippen LogP contribution is 2.11. The fourth-order valence-corrected chi connectivity index (χ4v) is 1.16. The van der Waals surface area contributed by atoms with Gasteiger partial charge in [0.1, 0.15) is 11.6 Å². The maximum atomic E-state index is 5.55. The first-order valence-electron chi connectivity index (χ1n) is 5.29. The fraction of sp³-hybridized carbons (Fsp3) is 0.600. The Labute approximate surface area is 95.6 Å². The number of nitrogens with two attached hydrogens (primary N) is 1. The minimum absolute atomic E-state index is 0.241. The van der Waals surface area contributed by atoms with Gasteiger partial charge in [-0.05, 0) is 13.8 Å². The molecule has 0 atom stereocenters. The monoisotopic (exact) mass is 225 g/mol. The summed E-state index contributed by atoms with van der Waals surface area (Å²) in [6.45, 7) is 5.33. The van der Waals surface area contributed by atoms with Crippen LogP contribution in [0.5, 0.6) is 0 Å². The highest BCUT2D eigenvalue weighted by Gasteiger charge is 2.00. The van der Waals surface area contributed by atoms with Crippen molar-refractivity contribution in [3.8, 4) is 0 Å². The van der Waals surface area contributed by atoms with Crippen LogP contribution in [-0.4, -0.2) is 36.3 Å². The molecule has 6 heteroatoms. The van der Waals surface area contributed by atoms with Crippen molar-refractivity contribution < 1.29 is 4.74 Å². The molecule has 0 spiro atoms. The van der Waals surface area contributed by atoms with Gasteiger partial charge < -0.3 is 21.1 Å². The number of aromatic nitrogens is 2. The van der Waals surface area contributed by atoms with Crippen molar-refractivity contribution >= 4 is 17.6 Å². The Morgan fingerprint density at radius 2 is 2.06 bits per heavy atom. The number of nitrogens with zero attached hydrogens (tertiary/aromatic N) is 2. The van der Waals surface area contributed by atoms with E-state index in [0.29, 0.717) is 24.8 Å². The third-order valence-electron chi connectivity index (χ3n) is 1.86. The van der Waals surface area contributed by atoms with Crippen LogP contribution in [0.25, 0.3) is 0 Å². The fourth-order valence-electron chi connectivity index (χ4n) is 1.16. The van der Waals surface area contributed by atoms with Gasteiger partial charge in [0.15, 0.2) is 0 Å². The molecule has 0 aliphatic rings. The van der Waals surface area contributed by atoms with Crippen LogP contribution >= 0.6 is 0 Å². The van der Waals surface area contributed by atoms with Crippen LogP contribution in [0.3, 0.4) is 0 Å². The predicted octanol–water partition coefficient (Wildman–Crippen LogP) is 0.937. The molecule has 0 radical (unpaired) electrons. The summed E-state index contributed by atoms with van der Waals surface area (Å²) in [5, 5.41) is 6.03. The molecule has 0 bridgehead atoms. The molecule has 0 aliphatic heterocycles. The number of rotatable bonds is 6. The molecular formula is C10H19N5O. The van der Waals surface area contributed by atoms with Crippen LogP contribution in [0.1, 0.15) is 13.8 Å². The van der Waals surface area contributed by atoms with Crippen molar-refractivity contribution in [2.45, 2.75) is 20.0 Å². The molecule has 0 aromatic carbocycles. The molecule has 0 saturated carbocycles. The minimum Gasteiger partial charge on any atom is -0.377 e. The summed E-state index contributed by atoms with van der Waals surface area (Å²) in [5.41, 5.74) is 5.55. The quantitative estimate of drug-likeness (QED) is 0.625. The van der Waals surface area contributed by atoms with Gasteiger partial charge in [-0.3, -0.25) is 0 Å². The molecule has 0 amide bonds. The van der Waals surface area contributed by atoms with Crippen LogP contribution in [0.15, 0.2) is 6.07 Å². The average Bonchev–Trinajstić information content (AvgIpc) is 2.23. The number of nitrogens with one attached hydrogen (secondary N) is 2. The molecule has 90 valence electrons. The second-order valence-electron chi connectivity index (χ2n) is 3.59. The molecule has 0 fully saturated rings. The summed E-state index contributed by atoms with van der Waals surface area (Å²) < 4.78 is 5.40. The lowest BCUT2D eigenvalue weighted by Gasteiger charge is -2.10. The number of anilines is 3. The van der Waals surface area contributed by atoms with E-state index in [9.17, 15) is 0 Å². The average molecular weight is 225 g/mol. The second-order valence-corrected chi connectivity index (χ2v) is 3.59. The first-order chi connectivity index (χ1) is 7.61. The highest BCUT2D eigenvalue weighted by molar-refractivity contribution is 5.50. The SMILES string of the molecule is CNc1cc(NCCOC(C)C)nc(N)n1. The summed E-state index contributed by atoms with van der Waals surface area (Å²) in [6.07, 6.45) is 0.241. The zero-order valence-electron chi connectivity index (χ0n) is 9.95. The van der Waals surface area contributed by atoms with E-state index in [-0.39, 0.29) is 12.1 Å². The molecule has 1 aromatic heterocycles. The van der Waals surface area contributed by atoms with E-state index in [1.165, 1.54) is 0 Å². The van der Waals surface area contributed by atoms with Gasteiger partial charge in [-0.1, -0.05) is 0 Å². The van der Waals surface area contributed by atoms with Crippen LogP contribution in [0.2, 0.25) is 0 Å². The molecule has 1 aromatic rings. The highest BCUT2D eigenvalue weighted by atomic mass is 16.5. The molecule has 6 nitrogen and oxygen atoms in total. The zero-order valence-corrected chi connectivity index (χ0v) is 9.95. The second kappa shape index (κ2) is 6.12. The van der Waals surface area contributed by atoms with E-state index in [2.05, 4.69) is 20.6 Å². The lowest BCUT2D eigenvalue weighted by Crippen LogP contribution is -2.14. The number of nitrogen functional groups attached to an aromatic ring is 1. The van der Waals surface area contributed by atoms with Crippen molar-refractivity contribution in [3.05, 3.63) is 6.07 Å². The van der Waals surface area contributed by atoms with Gasteiger partial charge in [0.2, 0.25) is 5.95 Å². The molecule has 0 aliphatic carbocycles. The molecule has 0 saturated heterocycles. The first kappa shape index (κ1) is 12.5. The smallest absolute Gasteiger partial charge is 0.223 e. The van der Waals surface area contributed by atoms with Crippen LogP contribution in [0, 0.1) is 0 Å². The Morgan fingerprint density at radius 1 is 1.38 bits per heavy atom. The Kier molecular flexibility index (Phi) is 4.78. The Balaban J connectivity index is 2.44. The van der Waals surface area contributed by atoms with E-state index in [0.717, 1.165) is 0 Å². The van der Waals surface area contributed by atoms with E-state index >= 15 is 0 Å². The van der Waals surface area contributed by atoms with Crippen molar-refractivity contribution in [2.24, 2.45) is 0 Å². The molecule has 0 unspecified atom stereocenters. The normalized spacial score (nSPS) is 10.5. The topological polar surface area (TPSA) is 85.1 Å². The molecule has 16 heavy (non-hydrogen) atoms. The third kappa shape index (κ3) is 4.31. The van der Waals surface area contributed by atoms with Crippen molar-refractivity contribution in [3.63, 3.8) is 0 Å². The van der Waals surface area contributed by atoms with Crippen molar-refractivity contribution in [1.82, 2.24) is 9.97 Å². The van der Waals surface area contributed by atoms with Gasteiger partial charge in [-0.2, -0.15) is 9.97 Å². The summed E-state index contributed by atoms with van der Waals surface area (Å²) in [4.78, 5) is 8.05. The summed E-state index contributed by atoms with van der Waals surface area (Å²) in [5.74, 6) is 1.64. The maximum Gasteiger partial charge on any atom is 0.223 e. The van der Waals surface area contributed by atoms with Crippen LogP contribution in [-0.2, 0) is 4.74 Å². The minimum atomic E-state index is 0.241. The third-order valence-corrected chi connectivity index (χ3v) is 1.86. The van der Waals surface area contributed by atoms with Gasteiger partial charge in [-0.25, -0.2) is 0 Å². The van der Waals surface area contributed by atoms with E-state index in [4.69, 9.17) is 10.5 Å². The zero-order chi connectivity index (χ0) is 12.0. The molecule has 1 heterocycles.